The van der Waals surface area contributed by atoms with Crippen LogP contribution in [0.3, 0.4) is 0 Å². The third kappa shape index (κ3) is 3.18. The molecule has 0 unspecified atom stereocenters. The van der Waals surface area contributed by atoms with E-state index in [2.05, 4.69) is 20.6 Å². The first-order chi connectivity index (χ1) is 8.29. The van der Waals surface area contributed by atoms with Gasteiger partial charge in [0, 0.05) is 13.1 Å². The van der Waals surface area contributed by atoms with Gasteiger partial charge in [0.05, 0.1) is 11.0 Å². The topological polar surface area (TPSA) is 72.7 Å². The maximum absolute atomic E-state index is 11.1. The molecule has 0 aliphatic carbocycles. The molecule has 0 aliphatic heterocycles. The molecule has 5 nitrogen and oxygen atoms in total. The first kappa shape index (κ1) is 11.9. The number of hydrogen-bond acceptors (Lipinski definition) is 3. The van der Waals surface area contributed by atoms with E-state index in [0.29, 0.717) is 0 Å². The third-order valence-corrected chi connectivity index (χ3v) is 2.72. The number of aromatic amines is 2. The molecule has 5 heteroatoms. The third-order valence-electron chi connectivity index (χ3n) is 2.72. The number of hydrogen-bond donors (Lipinski definition) is 4. The zero-order chi connectivity index (χ0) is 12.1. The molecular weight excluding hydrogens is 216 g/mol. The lowest BCUT2D eigenvalue weighted by molar-refractivity contribution is 0.649. The Kier molecular flexibility index (Phi) is 3.95. The number of benzene rings is 1. The molecule has 92 valence electrons. The van der Waals surface area contributed by atoms with Gasteiger partial charge in [-0.3, -0.25) is 0 Å². The van der Waals surface area contributed by atoms with E-state index in [1.165, 1.54) is 5.56 Å². The molecule has 1 aromatic carbocycles. The van der Waals surface area contributed by atoms with E-state index in [-0.39, 0.29) is 5.69 Å². The second-order valence-electron chi connectivity index (χ2n) is 4.06. The number of imidazole rings is 1. The summed E-state index contributed by atoms with van der Waals surface area (Å²) in [5.74, 6) is 0. The molecule has 0 saturated carbocycles. The van der Waals surface area contributed by atoms with Crippen molar-refractivity contribution < 1.29 is 0 Å². The monoisotopic (exact) mass is 234 g/mol. The molecule has 0 aliphatic rings. The maximum atomic E-state index is 11.1. The van der Waals surface area contributed by atoms with Crippen molar-refractivity contribution in [2.45, 2.75) is 6.42 Å². The van der Waals surface area contributed by atoms with Gasteiger partial charge in [-0.25, -0.2) is 4.79 Å². The first-order valence-electron chi connectivity index (χ1n) is 5.86. The Morgan fingerprint density at radius 1 is 1.12 bits per heavy atom. The molecule has 2 aromatic rings. The number of fused-ring (bicyclic) bond motifs is 1. The minimum absolute atomic E-state index is 0.149. The smallest absolute Gasteiger partial charge is 0.318 e. The quantitative estimate of drug-likeness (QED) is 0.540. The molecule has 0 bridgehead atoms. The molecule has 2 rings (SSSR count). The normalized spacial score (nSPS) is 11.1. The van der Waals surface area contributed by atoms with Crippen LogP contribution in [0.2, 0.25) is 0 Å². The number of rotatable bonds is 6. The van der Waals surface area contributed by atoms with Crippen molar-refractivity contribution in [3.63, 3.8) is 0 Å². The van der Waals surface area contributed by atoms with Crippen LogP contribution in [0.1, 0.15) is 5.56 Å². The summed E-state index contributed by atoms with van der Waals surface area (Å²) in [6.07, 6.45) is 0.965. The average Bonchev–Trinajstić information content (AvgIpc) is 2.68. The summed E-state index contributed by atoms with van der Waals surface area (Å²) in [4.78, 5) is 16.6. The molecule has 0 saturated heterocycles. The van der Waals surface area contributed by atoms with Gasteiger partial charge in [-0.05, 0) is 37.7 Å². The van der Waals surface area contributed by atoms with Gasteiger partial charge in [-0.15, -0.1) is 0 Å². The van der Waals surface area contributed by atoms with Crippen LogP contribution in [0.4, 0.5) is 0 Å². The Morgan fingerprint density at radius 3 is 2.76 bits per heavy atom. The minimum atomic E-state index is -0.149. The Bertz CT molecular complexity index is 529. The van der Waals surface area contributed by atoms with Gasteiger partial charge in [0.1, 0.15) is 0 Å². The number of H-pyrrole nitrogens is 2. The Balaban J connectivity index is 1.92. The minimum Gasteiger partial charge on any atom is -0.318 e. The van der Waals surface area contributed by atoms with Gasteiger partial charge >= 0.3 is 5.69 Å². The zero-order valence-corrected chi connectivity index (χ0v) is 9.97. The van der Waals surface area contributed by atoms with E-state index >= 15 is 0 Å². The van der Waals surface area contributed by atoms with Gasteiger partial charge in [0.15, 0.2) is 0 Å². The highest BCUT2D eigenvalue weighted by atomic mass is 16.1. The SMILES string of the molecule is CNCCNCCc1ccc2[nH]c(=O)[nH]c2c1. The summed E-state index contributed by atoms with van der Waals surface area (Å²) in [7, 11) is 1.94. The second kappa shape index (κ2) is 5.65. The fourth-order valence-electron chi connectivity index (χ4n) is 1.81. The predicted octanol–water partition coefficient (Wildman–Crippen LogP) is 0.208. The molecule has 1 heterocycles. The van der Waals surface area contributed by atoms with Gasteiger partial charge in [-0.1, -0.05) is 6.07 Å². The summed E-state index contributed by atoms with van der Waals surface area (Å²) >= 11 is 0. The lowest BCUT2D eigenvalue weighted by atomic mass is 10.1. The fraction of sp³-hybridized carbons (Fsp3) is 0.417. The summed E-state index contributed by atoms with van der Waals surface area (Å²) in [5, 5.41) is 6.43. The van der Waals surface area contributed by atoms with E-state index in [1.54, 1.807) is 0 Å². The largest absolute Gasteiger partial charge is 0.323 e. The van der Waals surface area contributed by atoms with Crippen LogP contribution >= 0.6 is 0 Å². The van der Waals surface area contributed by atoms with Gasteiger partial charge in [-0.2, -0.15) is 0 Å². The van der Waals surface area contributed by atoms with Crippen LogP contribution in [-0.4, -0.2) is 36.6 Å². The molecule has 17 heavy (non-hydrogen) atoms. The lowest BCUT2D eigenvalue weighted by Gasteiger charge is -2.04. The maximum Gasteiger partial charge on any atom is 0.323 e. The van der Waals surface area contributed by atoms with Gasteiger partial charge < -0.3 is 20.6 Å². The average molecular weight is 234 g/mol. The predicted molar refractivity (Wildman–Crippen MR) is 69.4 cm³/mol. The highest BCUT2D eigenvalue weighted by molar-refractivity contribution is 5.74. The number of aromatic nitrogens is 2. The van der Waals surface area contributed by atoms with Crippen molar-refractivity contribution in [2.75, 3.05) is 26.7 Å². The standard InChI is InChI=1S/C12H18N4O/c1-13-6-7-14-5-4-9-2-3-10-11(8-9)16-12(17)15-10/h2-3,8,13-14H,4-7H2,1H3,(H2,15,16,17). The number of likely N-dealkylation sites (N-methyl/N-ethyl adjacent to an activating group) is 1. The van der Waals surface area contributed by atoms with Crippen molar-refractivity contribution >= 4 is 11.0 Å². The first-order valence-corrected chi connectivity index (χ1v) is 5.86. The van der Waals surface area contributed by atoms with E-state index < -0.39 is 0 Å². The zero-order valence-electron chi connectivity index (χ0n) is 9.97. The van der Waals surface area contributed by atoms with E-state index in [0.717, 1.165) is 37.1 Å². The van der Waals surface area contributed by atoms with E-state index in [1.807, 2.05) is 25.2 Å². The molecule has 0 fully saturated rings. The summed E-state index contributed by atoms with van der Waals surface area (Å²) in [6.45, 7) is 2.89. The van der Waals surface area contributed by atoms with Crippen LogP contribution in [-0.2, 0) is 6.42 Å². The van der Waals surface area contributed by atoms with Gasteiger partial charge in [0.25, 0.3) is 0 Å². The Morgan fingerprint density at radius 2 is 1.94 bits per heavy atom. The second-order valence-corrected chi connectivity index (χ2v) is 4.06. The lowest BCUT2D eigenvalue weighted by Crippen LogP contribution is -2.26. The van der Waals surface area contributed by atoms with Gasteiger partial charge in [0.2, 0.25) is 0 Å². The molecule has 4 N–H and O–H groups in total. The van der Waals surface area contributed by atoms with Crippen molar-refractivity contribution in [1.29, 1.82) is 0 Å². The molecule has 0 radical (unpaired) electrons. The van der Waals surface area contributed by atoms with Crippen LogP contribution in [0, 0.1) is 0 Å². The van der Waals surface area contributed by atoms with Crippen molar-refractivity contribution in [2.24, 2.45) is 0 Å². The van der Waals surface area contributed by atoms with Crippen LogP contribution in [0.5, 0.6) is 0 Å². The van der Waals surface area contributed by atoms with Crippen molar-refractivity contribution in [3.05, 3.63) is 34.2 Å². The van der Waals surface area contributed by atoms with Crippen LogP contribution in [0.25, 0.3) is 11.0 Å². The fourth-order valence-corrected chi connectivity index (χ4v) is 1.81. The molecular formula is C12H18N4O. The Hall–Kier alpha value is -1.59. The summed E-state index contributed by atoms with van der Waals surface area (Å²) < 4.78 is 0. The Labute approximate surface area is 99.6 Å². The van der Waals surface area contributed by atoms with Crippen molar-refractivity contribution in [1.82, 2.24) is 20.6 Å². The van der Waals surface area contributed by atoms with E-state index in [9.17, 15) is 4.79 Å². The summed E-state index contributed by atoms with van der Waals surface area (Å²) in [5.41, 5.74) is 2.82. The van der Waals surface area contributed by atoms with Crippen LogP contribution in [0.15, 0.2) is 23.0 Å². The van der Waals surface area contributed by atoms with Crippen LogP contribution < -0.4 is 16.3 Å². The molecule has 0 atom stereocenters. The van der Waals surface area contributed by atoms with E-state index in [4.69, 9.17) is 0 Å². The number of nitrogens with one attached hydrogen (secondary N) is 4. The summed E-state index contributed by atoms with van der Waals surface area (Å²) in [6, 6.07) is 6.01. The molecule has 1 aromatic heterocycles. The molecule has 0 spiro atoms. The van der Waals surface area contributed by atoms with Crippen molar-refractivity contribution in [3.8, 4) is 0 Å². The highest BCUT2D eigenvalue weighted by Crippen LogP contribution is 2.10. The molecule has 0 amide bonds. The highest BCUT2D eigenvalue weighted by Gasteiger charge is 1.99.